The van der Waals surface area contributed by atoms with Crippen LogP contribution in [-0.2, 0) is 4.79 Å². The molecule has 0 spiro atoms. The maximum atomic E-state index is 12.2. The molecule has 0 unspecified atom stereocenters. The van der Waals surface area contributed by atoms with E-state index >= 15 is 0 Å². The molecular weight excluding hydrogens is 556 g/mol. The highest BCUT2D eigenvalue weighted by Gasteiger charge is 2.02. The molecule has 0 rings (SSSR count). The molecule has 0 N–H and O–H groups in total. The zero-order valence-electron chi connectivity index (χ0n) is 32.6. The molecule has 0 aromatic rings. The second-order valence-corrected chi connectivity index (χ2v) is 15.5. The molecule has 276 valence electrons. The van der Waals surface area contributed by atoms with E-state index in [1.54, 1.807) is 0 Å². The predicted molar refractivity (Wildman–Crippen MR) is 210 cm³/mol. The molecule has 0 saturated carbocycles. The molecule has 0 aliphatic heterocycles. The molecule has 0 heterocycles. The van der Waals surface area contributed by atoms with Crippen molar-refractivity contribution in [2.24, 2.45) is 0 Å². The Kier molecular flexibility index (Phi) is 42.4. The van der Waals surface area contributed by atoms with Gasteiger partial charge in [-0.3, -0.25) is 4.79 Å². The normalized spacial score (nSPS) is 11.5. The van der Waals surface area contributed by atoms with E-state index in [9.17, 15) is 4.79 Å². The standard InChI is InChI=1S/C45H90O/c1-3-5-7-9-11-13-15-17-19-21-23-25-27-29-31-33-35-37-39-41-43-45(46)44-42-40-38-36-34-32-30-28-26-24-22-20-18-16-14-12-10-8-6-4-2/h3-44H2,1-2H3. The monoisotopic (exact) mass is 647 g/mol. The summed E-state index contributed by atoms with van der Waals surface area (Å²) >= 11 is 0. The van der Waals surface area contributed by atoms with Crippen molar-refractivity contribution < 1.29 is 4.79 Å². The molecule has 0 aromatic heterocycles. The minimum Gasteiger partial charge on any atom is -0.300 e. The number of unbranched alkanes of at least 4 members (excludes halogenated alkanes) is 38. The Bertz CT molecular complexity index is 493. The number of rotatable bonds is 42. The molecule has 1 nitrogen and oxygen atoms in total. The molecule has 46 heavy (non-hydrogen) atoms. The number of carbonyl (C=O) groups is 1. The van der Waals surface area contributed by atoms with Crippen LogP contribution >= 0.6 is 0 Å². The average Bonchev–Trinajstić information content (AvgIpc) is 3.06. The Morgan fingerprint density at radius 1 is 0.217 bits per heavy atom. The topological polar surface area (TPSA) is 17.1 Å². The Labute approximate surface area is 293 Å². The summed E-state index contributed by atoms with van der Waals surface area (Å²) in [6.45, 7) is 4.60. The van der Waals surface area contributed by atoms with Crippen molar-refractivity contribution >= 4 is 5.78 Å². The van der Waals surface area contributed by atoms with Crippen LogP contribution in [0.25, 0.3) is 0 Å². The van der Waals surface area contributed by atoms with Crippen LogP contribution in [-0.4, -0.2) is 5.78 Å². The van der Waals surface area contributed by atoms with Gasteiger partial charge in [-0.1, -0.05) is 258 Å². The van der Waals surface area contributed by atoms with Crippen LogP contribution in [0.3, 0.4) is 0 Å². The summed E-state index contributed by atoms with van der Waals surface area (Å²) in [5.74, 6) is 0.532. The van der Waals surface area contributed by atoms with E-state index in [1.165, 1.54) is 244 Å². The largest absolute Gasteiger partial charge is 0.300 e. The van der Waals surface area contributed by atoms with Gasteiger partial charge in [0.1, 0.15) is 5.78 Å². The maximum Gasteiger partial charge on any atom is 0.132 e. The van der Waals surface area contributed by atoms with Gasteiger partial charge in [-0.25, -0.2) is 0 Å². The summed E-state index contributed by atoms with van der Waals surface area (Å²) in [6, 6.07) is 0. The Hall–Kier alpha value is -0.330. The van der Waals surface area contributed by atoms with Crippen LogP contribution in [0, 0.1) is 0 Å². The van der Waals surface area contributed by atoms with E-state index in [0.717, 1.165) is 25.7 Å². The SMILES string of the molecule is CCCCCCCCCCCCCCCCCCCCCCC(=O)CCCCCCCCCCCCCCCCCCCCCC. The lowest BCUT2D eigenvalue weighted by molar-refractivity contribution is -0.119. The van der Waals surface area contributed by atoms with Crippen LogP contribution < -0.4 is 0 Å². The average molecular weight is 647 g/mol. The van der Waals surface area contributed by atoms with E-state index in [-0.39, 0.29) is 0 Å². The molecule has 0 aliphatic rings. The Morgan fingerprint density at radius 2 is 0.348 bits per heavy atom. The highest BCUT2D eigenvalue weighted by atomic mass is 16.1. The molecule has 0 bridgehead atoms. The van der Waals surface area contributed by atoms with Gasteiger partial charge in [0.05, 0.1) is 0 Å². The van der Waals surface area contributed by atoms with Crippen LogP contribution in [0.5, 0.6) is 0 Å². The van der Waals surface area contributed by atoms with E-state index in [4.69, 9.17) is 0 Å². The first-order valence-electron chi connectivity index (χ1n) is 22.3. The van der Waals surface area contributed by atoms with Crippen molar-refractivity contribution in [1.82, 2.24) is 0 Å². The molecule has 0 fully saturated rings. The second kappa shape index (κ2) is 42.7. The number of hydrogen-bond acceptors (Lipinski definition) is 1. The van der Waals surface area contributed by atoms with Crippen LogP contribution in [0.1, 0.15) is 284 Å². The molecular formula is C45H90O. The minimum absolute atomic E-state index is 0.532. The summed E-state index contributed by atoms with van der Waals surface area (Å²) in [6.07, 6.45) is 58.3. The van der Waals surface area contributed by atoms with Gasteiger partial charge in [0, 0.05) is 12.8 Å². The fraction of sp³-hybridized carbons (Fsp3) is 0.978. The molecule has 0 aliphatic carbocycles. The van der Waals surface area contributed by atoms with E-state index in [2.05, 4.69) is 13.8 Å². The smallest absolute Gasteiger partial charge is 0.132 e. The first-order valence-corrected chi connectivity index (χ1v) is 22.3. The molecule has 0 amide bonds. The van der Waals surface area contributed by atoms with Crippen molar-refractivity contribution in [3.8, 4) is 0 Å². The van der Waals surface area contributed by atoms with Gasteiger partial charge >= 0.3 is 0 Å². The van der Waals surface area contributed by atoms with E-state index in [0.29, 0.717) is 5.78 Å². The van der Waals surface area contributed by atoms with E-state index in [1.807, 2.05) is 0 Å². The van der Waals surface area contributed by atoms with Gasteiger partial charge in [0.2, 0.25) is 0 Å². The van der Waals surface area contributed by atoms with Crippen molar-refractivity contribution in [3.05, 3.63) is 0 Å². The fourth-order valence-corrected chi connectivity index (χ4v) is 7.28. The molecule has 0 radical (unpaired) electrons. The van der Waals surface area contributed by atoms with Gasteiger partial charge < -0.3 is 0 Å². The summed E-state index contributed by atoms with van der Waals surface area (Å²) in [5, 5.41) is 0. The number of ketones is 1. The Morgan fingerprint density at radius 3 is 0.500 bits per heavy atom. The van der Waals surface area contributed by atoms with Crippen LogP contribution in [0.2, 0.25) is 0 Å². The van der Waals surface area contributed by atoms with Crippen molar-refractivity contribution in [1.29, 1.82) is 0 Å². The third kappa shape index (κ3) is 41.7. The van der Waals surface area contributed by atoms with Gasteiger partial charge in [0.15, 0.2) is 0 Å². The Balaban J connectivity index is 3.14. The summed E-state index contributed by atoms with van der Waals surface area (Å²) in [4.78, 5) is 12.2. The van der Waals surface area contributed by atoms with Crippen LogP contribution in [0.4, 0.5) is 0 Å². The molecule has 0 atom stereocenters. The lowest BCUT2D eigenvalue weighted by Gasteiger charge is -2.05. The van der Waals surface area contributed by atoms with Crippen molar-refractivity contribution in [2.75, 3.05) is 0 Å². The third-order valence-corrected chi connectivity index (χ3v) is 10.6. The van der Waals surface area contributed by atoms with Gasteiger partial charge in [-0.2, -0.15) is 0 Å². The highest BCUT2D eigenvalue weighted by Crippen LogP contribution is 2.17. The van der Waals surface area contributed by atoms with Gasteiger partial charge in [-0.15, -0.1) is 0 Å². The zero-order chi connectivity index (χ0) is 33.3. The van der Waals surface area contributed by atoms with Crippen LogP contribution in [0.15, 0.2) is 0 Å². The third-order valence-electron chi connectivity index (χ3n) is 10.6. The van der Waals surface area contributed by atoms with Crippen molar-refractivity contribution in [2.45, 2.75) is 284 Å². The summed E-state index contributed by atoms with van der Waals surface area (Å²) in [7, 11) is 0. The summed E-state index contributed by atoms with van der Waals surface area (Å²) < 4.78 is 0. The van der Waals surface area contributed by atoms with Gasteiger partial charge in [0.25, 0.3) is 0 Å². The maximum absolute atomic E-state index is 12.2. The lowest BCUT2D eigenvalue weighted by Crippen LogP contribution is -1.97. The number of hydrogen-bond donors (Lipinski definition) is 0. The quantitative estimate of drug-likeness (QED) is 0.0603. The predicted octanol–water partition coefficient (Wildman–Crippen LogP) is 17.0. The number of Topliss-reactive ketones (excluding diaryl/α,β-unsaturated/α-hetero) is 1. The first-order chi connectivity index (χ1) is 22.8. The number of carbonyl (C=O) groups excluding carboxylic acids is 1. The minimum atomic E-state index is 0.532. The molecule has 0 aromatic carbocycles. The lowest BCUT2D eigenvalue weighted by atomic mass is 10.0. The fourth-order valence-electron chi connectivity index (χ4n) is 7.28. The second-order valence-electron chi connectivity index (χ2n) is 15.5. The highest BCUT2D eigenvalue weighted by molar-refractivity contribution is 5.78. The summed E-state index contributed by atoms with van der Waals surface area (Å²) in [5.41, 5.74) is 0. The van der Waals surface area contributed by atoms with Crippen molar-refractivity contribution in [3.63, 3.8) is 0 Å². The van der Waals surface area contributed by atoms with E-state index < -0.39 is 0 Å². The molecule has 0 saturated heterocycles. The van der Waals surface area contributed by atoms with Gasteiger partial charge in [-0.05, 0) is 12.8 Å². The molecule has 1 heteroatoms. The zero-order valence-corrected chi connectivity index (χ0v) is 32.6. The first kappa shape index (κ1) is 45.7.